The predicted molar refractivity (Wildman–Crippen MR) is 130 cm³/mol. The number of nitrogens with zero attached hydrogens (tertiary/aromatic N) is 2. The van der Waals surface area contributed by atoms with E-state index in [1.807, 2.05) is 0 Å². The largest absolute Gasteiger partial charge is 0.573 e. The monoisotopic (exact) mass is 515 g/mol. The van der Waals surface area contributed by atoms with Crippen LogP contribution in [0.5, 0.6) is 5.75 Å². The average Bonchev–Trinajstić information content (AvgIpc) is 3.13. The molecule has 3 aromatic rings. The summed E-state index contributed by atoms with van der Waals surface area (Å²) in [7, 11) is 0. The number of amidine groups is 1. The third-order valence-electron chi connectivity index (χ3n) is 4.72. The molecule has 0 fully saturated rings. The molecule has 1 heterocycles. The Kier molecular flexibility index (Phi) is 7.39. The molecule has 6 nitrogen and oxygen atoms in total. The van der Waals surface area contributed by atoms with Crippen molar-refractivity contribution in [3.63, 3.8) is 0 Å². The predicted octanol–water partition coefficient (Wildman–Crippen LogP) is 5.84. The third kappa shape index (κ3) is 6.30. The number of carbonyl (C=O) groups excluding carboxylic acids is 2. The number of hydrogen-bond donors (Lipinski definition) is 1. The first kappa shape index (κ1) is 25.0. The van der Waals surface area contributed by atoms with Crippen molar-refractivity contribution in [2.45, 2.75) is 6.36 Å². The lowest BCUT2D eigenvalue weighted by molar-refractivity contribution is -0.274. The molecule has 0 saturated heterocycles. The number of carbonyl (C=O) groups is 2. The van der Waals surface area contributed by atoms with Gasteiger partial charge in [0.25, 0.3) is 5.91 Å². The van der Waals surface area contributed by atoms with Crippen LogP contribution in [0.25, 0.3) is 6.08 Å². The second kappa shape index (κ2) is 10.6. The van der Waals surface area contributed by atoms with Crippen LogP contribution in [0.3, 0.4) is 0 Å². The van der Waals surface area contributed by atoms with Gasteiger partial charge in [0.2, 0.25) is 5.91 Å². The summed E-state index contributed by atoms with van der Waals surface area (Å²) >= 11 is 0.920. The van der Waals surface area contributed by atoms with Crippen molar-refractivity contribution in [2.75, 3.05) is 16.0 Å². The van der Waals surface area contributed by atoms with E-state index in [1.54, 1.807) is 36.4 Å². The van der Waals surface area contributed by atoms with Crippen molar-refractivity contribution >= 4 is 46.2 Å². The van der Waals surface area contributed by atoms with Gasteiger partial charge in [0.05, 0.1) is 17.1 Å². The van der Waals surface area contributed by atoms with Gasteiger partial charge in [-0.25, -0.2) is 9.38 Å². The Labute approximate surface area is 207 Å². The lowest BCUT2D eigenvalue weighted by atomic mass is 10.2. The van der Waals surface area contributed by atoms with Gasteiger partial charge in [0.1, 0.15) is 11.5 Å². The second-order valence-corrected chi connectivity index (χ2v) is 8.28. The summed E-state index contributed by atoms with van der Waals surface area (Å²) < 4.78 is 55.5. The lowest BCUT2D eigenvalue weighted by Gasteiger charge is -2.18. The van der Waals surface area contributed by atoms with Crippen molar-refractivity contribution in [3.05, 3.63) is 95.9 Å². The maximum absolute atomic E-state index is 13.6. The summed E-state index contributed by atoms with van der Waals surface area (Å²) in [4.78, 5) is 31.3. The Morgan fingerprint density at radius 1 is 1.03 bits per heavy atom. The van der Waals surface area contributed by atoms with Gasteiger partial charge in [-0.05, 0) is 48.0 Å². The Morgan fingerprint density at radius 2 is 1.75 bits per heavy atom. The Bertz CT molecular complexity index is 1340. The number of benzene rings is 3. The van der Waals surface area contributed by atoms with Gasteiger partial charge >= 0.3 is 6.36 Å². The van der Waals surface area contributed by atoms with E-state index in [9.17, 15) is 27.2 Å². The zero-order valence-electron chi connectivity index (χ0n) is 18.3. The number of aliphatic imine (C=N–C) groups is 1. The summed E-state index contributed by atoms with van der Waals surface area (Å²) in [6.45, 7) is 0. The van der Waals surface area contributed by atoms with Gasteiger partial charge in [-0.2, -0.15) is 0 Å². The van der Waals surface area contributed by atoms with Crippen LogP contribution in [0.4, 0.5) is 28.9 Å². The van der Waals surface area contributed by atoms with Crippen molar-refractivity contribution in [3.8, 4) is 5.75 Å². The zero-order chi connectivity index (χ0) is 25.7. The SMILES string of the molecule is O=C(CSC1=NC(=Cc2cccc(F)c2)C(=O)N1c1ccccc1)Nc1ccccc1OC(F)(F)F. The fourth-order valence-electron chi connectivity index (χ4n) is 3.25. The molecule has 0 atom stereocenters. The summed E-state index contributed by atoms with van der Waals surface area (Å²) in [6.07, 6.45) is -3.49. The first-order valence-electron chi connectivity index (χ1n) is 10.4. The standard InChI is InChI=1S/C25H17F4N3O3S/c26-17-8-6-7-16(13-17)14-20-23(34)32(18-9-2-1-3-10-18)24(31-20)36-15-22(33)30-19-11-4-5-12-21(19)35-25(27,28)29/h1-14H,15H2,(H,30,33). The van der Waals surface area contributed by atoms with Crippen molar-refractivity contribution in [1.29, 1.82) is 0 Å². The Morgan fingerprint density at radius 3 is 2.47 bits per heavy atom. The number of amides is 2. The van der Waals surface area contributed by atoms with E-state index < -0.39 is 29.7 Å². The number of ether oxygens (including phenoxy) is 1. The van der Waals surface area contributed by atoms with Crippen molar-refractivity contribution in [2.24, 2.45) is 4.99 Å². The molecule has 184 valence electrons. The summed E-state index contributed by atoms with van der Waals surface area (Å²) in [6, 6.07) is 19.4. The van der Waals surface area contributed by atoms with E-state index in [2.05, 4.69) is 15.0 Å². The van der Waals surface area contributed by atoms with Crippen molar-refractivity contribution in [1.82, 2.24) is 0 Å². The fourth-order valence-corrected chi connectivity index (χ4v) is 4.06. The number of thioether (sulfide) groups is 1. The average molecular weight is 515 g/mol. The topological polar surface area (TPSA) is 71.0 Å². The molecule has 0 radical (unpaired) electrons. The highest BCUT2D eigenvalue weighted by Crippen LogP contribution is 2.31. The van der Waals surface area contributed by atoms with Crippen LogP contribution in [-0.4, -0.2) is 29.1 Å². The lowest BCUT2D eigenvalue weighted by Crippen LogP contribution is -2.31. The highest BCUT2D eigenvalue weighted by molar-refractivity contribution is 8.14. The molecule has 1 aliphatic heterocycles. The molecular formula is C25H17F4N3O3S. The van der Waals surface area contributed by atoms with E-state index >= 15 is 0 Å². The van der Waals surface area contributed by atoms with Gasteiger partial charge < -0.3 is 10.1 Å². The number of anilines is 2. The highest BCUT2D eigenvalue weighted by Gasteiger charge is 2.33. The summed E-state index contributed by atoms with van der Waals surface area (Å²) in [5.74, 6) is -2.40. The number of nitrogens with one attached hydrogen (secondary N) is 1. The normalized spacial score (nSPS) is 14.7. The molecule has 11 heteroatoms. The molecule has 0 aromatic heterocycles. The first-order chi connectivity index (χ1) is 17.2. The molecular weight excluding hydrogens is 498 g/mol. The Balaban J connectivity index is 1.54. The van der Waals surface area contributed by atoms with Crippen LogP contribution >= 0.6 is 11.8 Å². The van der Waals surface area contributed by atoms with E-state index in [0.29, 0.717) is 11.3 Å². The number of alkyl halides is 3. The third-order valence-corrected chi connectivity index (χ3v) is 5.65. The summed E-state index contributed by atoms with van der Waals surface area (Å²) in [5, 5.41) is 2.56. The number of halogens is 4. The minimum atomic E-state index is -4.92. The van der Waals surface area contributed by atoms with Gasteiger partial charge in [-0.15, -0.1) is 13.2 Å². The van der Waals surface area contributed by atoms with Crippen LogP contribution in [0.1, 0.15) is 5.56 Å². The van der Waals surface area contributed by atoms with Crippen LogP contribution in [0.2, 0.25) is 0 Å². The van der Waals surface area contributed by atoms with Gasteiger partial charge in [-0.1, -0.05) is 54.2 Å². The second-order valence-electron chi connectivity index (χ2n) is 7.34. The number of para-hydroxylation sites is 3. The molecule has 0 unspecified atom stereocenters. The van der Waals surface area contributed by atoms with E-state index in [-0.39, 0.29) is 22.3 Å². The maximum atomic E-state index is 13.6. The molecule has 36 heavy (non-hydrogen) atoms. The Hall–Kier alpha value is -4.12. The van der Waals surface area contributed by atoms with Gasteiger partial charge in [0, 0.05) is 0 Å². The molecule has 4 rings (SSSR count). The maximum Gasteiger partial charge on any atom is 0.573 e. The van der Waals surface area contributed by atoms with Crippen LogP contribution in [-0.2, 0) is 9.59 Å². The van der Waals surface area contributed by atoms with Gasteiger partial charge in [0.15, 0.2) is 10.9 Å². The van der Waals surface area contributed by atoms with E-state index in [0.717, 1.165) is 17.8 Å². The molecule has 0 saturated carbocycles. The van der Waals surface area contributed by atoms with E-state index in [4.69, 9.17) is 0 Å². The van der Waals surface area contributed by atoms with Gasteiger partial charge in [-0.3, -0.25) is 14.5 Å². The van der Waals surface area contributed by atoms with Crippen LogP contribution in [0.15, 0.2) is 89.6 Å². The quantitative estimate of drug-likeness (QED) is 0.331. The molecule has 3 aromatic carbocycles. The minimum absolute atomic E-state index is 0.0382. The van der Waals surface area contributed by atoms with Crippen LogP contribution < -0.4 is 15.0 Å². The molecule has 1 aliphatic rings. The first-order valence-corrected chi connectivity index (χ1v) is 11.4. The van der Waals surface area contributed by atoms with Crippen LogP contribution in [0, 0.1) is 5.82 Å². The smallest absolute Gasteiger partial charge is 0.404 e. The zero-order valence-corrected chi connectivity index (χ0v) is 19.1. The molecule has 0 aliphatic carbocycles. The molecule has 2 amide bonds. The van der Waals surface area contributed by atoms with E-state index in [1.165, 1.54) is 47.4 Å². The molecule has 1 N–H and O–H groups in total. The molecule has 0 bridgehead atoms. The van der Waals surface area contributed by atoms with Crippen molar-refractivity contribution < 1.29 is 31.9 Å². The highest BCUT2D eigenvalue weighted by atomic mass is 32.2. The minimum Gasteiger partial charge on any atom is -0.404 e. The molecule has 0 spiro atoms. The summed E-state index contributed by atoms with van der Waals surface area (Å²) in [5.41, 5.74) is 0.814. The number of hydrogen-bond acceptors (Lipinski definition) is 5. The fraction of sp³-hybridized carbons (Fsp3) is 0.0800. The number of rotatable bonds is 6.